The van der Waals surface area contributed by atoms with Crippen molar-refractivity contribution < 1.29 is 9.53 Å². The van der Waals surface area contributed by atoms with Crippen LogP contribution in [0.4, 0.5) is 0 Å². The van der Waals surface area contributed by atoms with Crippen LogP contribution in [0.3, 0.4) is 0 Å². The zero-order valence-electron chi connectivity index (χ0n) is 7.38. The first-order valence-corrected chi connectivity index (χ1v) is 4.53. The summed E-state index contributed by atoms with van der Waals surface area (Å²) in [7, 11) is 0. The van der Waals surface area contributed by atoms with Gasteiger partial charge in [0.2, 0.25) is 0 Å². The first-order chi connectivity index (χ1) is 5.66. The van der Waals surface area contributed by atoms with Gasteiger partial charge >= 0.3 is 5.97 Å². The molecular formula is C10H14O2. The van der Waals surface area contributed by atoms with Gasteiger partial charge in [0.25, 0.3) is 0 Å². The fourth-order valence-corrected chi connectivity index (χ4v) is 2.19. The maximum Gasteiger partial charge on any atom is 0.333 e. The second-order valence-corrected chi connectivity index (χ2v) is 4.06. The van der Waals surface area contributed by atoms with Crippen molar-refractivity contribution in [1.29, 1.82) is 0 Å². The first-order valence-electron chi connectivity index (χ1n) is 4.53. The molecule has 0 aromatic heterocycles. The lowest BCUT2D eigenvalue weighted by molar-refractivity contribution is -0.145. The second kappa shape index (κ2) is 2.61. The summed E-state index contributed by atoms with van der Waals surface area (Å²) in [4.78, 5) is 11.1. The van der Waals surface area contributed by atoms with Gasteiger partial charge in [-0.15, -0.1) is 0 Å². The van der Waals surface area contributed by atoms with Crippen molar-refractivity contribution in [2.75, 3.05) is 0 Å². The molecule has 0 aromatic carbocycles. The number of hydrogen-bond donors (Lipinski definition) is 0. The Balaban J connectivity index is 1.87. The molecule has 3 fully saturated rings. The van der Waals surface area contributed by atoms with Crippen LogP contribution in [0.25, 0.3) is 0 Å². The van der Waals surface area contributed by atoms with Gasteiger partial charge in [-0.2, -0.15) is 0 Å². The van der Waals surface area contributed by atoms with Gasteiger partial charge in [-0.3, -0.25) is 0 Å². The van der Waals surface area contributed by atoms with E-state index >= 15 is 0 Å². The Hall–Kier alpha value is -0.790. The van der Waals surface area contributed by atoms with E-state index in [9.17, 15) is 4.79 Å². The summed E-state index contributed by atoms with van der Waals surface area (Å²) < 4.78 is 5.29. The molecule has 3 aliphatic carbocycles. The lowest BCUT2D eigenvalue weighted by Crippen LogP contribution is -2.22. The number of fused-ring (bicyclic) bond motifs is 1. The van der Waals surface area contributed by atoms with Gasteiger partial charge in [-0.25, -0.2) is 4.79 Å². The third kappa shape index (κ3) is 1.15. The molecule has 0 aromatic rings. The Morgan fingerprint density at radius 2 is 2.08 bits per heavy atom. The van der Waals surface area contributed by atoms with Crippen molar-refractivity contribution in [3.8, 4) is 0 Å². The lowest BCUT2D eigenvalue weighted by atomic mass is 9.84. The standard InChI is InChI=1S/C10H14O2/c1-6(2)10(11)12-9-5-7-3-8(9)4-7/h7-9H,1,3-5H2,2H3. The number of ether oxygens (including phenoxy) is 1. The van der Waals surface area contributed by atoms with Crippen LogP contribution in [0, 0.1) is 11.8 Å². The van der Waals surface area contributed by atoms with Gasteiger partial charge in [0.05, 0.1) is 0 Å². The molecule has 2 nitrogen and oxygen atoms in total. The molecule has 1 atom stereocenters. The molecule has 1 unspecified atom stereocenters. The van der Waals surface area contributed by atoms with E-state index in [1.807, 2.05) is 0 Å². The number of rotatable bonds is 2. The Morgan fingerprint density at radius 1 is 1.42 bits per heavy atom. The van der Waals surface area contributed by atoms with Gasteiger partial charge in [-0.1, -0.05) is 6.58 Å². The topological polar surface area (TPSA) is 26.3 Å². The van der Waals surface area contributed by atoms with Crippen LogP contribution in [0.5, 0.6) is 0 Å². The van der Waals surface area contributed by atoms with Crippen molar-refractivity contribution >= 4 is 5.97 Å². The van der Waals surface area contributed by atoms with Crippen LogP contribution in [0.1, 0.15) is 26.2 Å². The normalized spacial score (nSPS) is 37.2. The lowest BCUT2D eigenvalue weighted by Gasteiger charge is -2.23. The van der Waals surface area contributed by atoms with Crippen LogP contribution in [-0.2, 0) is 9.53 Å². The molecular weight excluding hydrogens is 152 g/mol. The van der Waals surface area contributed by atoms with Crippen LogP contribution < -0.4 is 0 Å². The smallest absolute Gasteiger partial charge is 0.333 e. The summed E-state index contributed by atoms with van der Waals surface area (Å²) in [5.74, 6) is 1.30. The molecule has 66 valence electrons. The SMILES string of the molecule is C=C(C)C(=O)OC1CC2CC1C2. The molecule has 0 N–H and O–H groups in total. The number of carbonyl (C=O) groups excluding carboxylic acids is 1. The molecule has 0 amide bonds. The summed E-state index contributed by atoms with van der Waals surface area (Å²) >= 11 is 0. The van der Waals surface area contributed by atoms with Crippen molar-refractivity contribution in [3.63, 3.8) is 0 Å². The van der Waals surface area contributed by atoms with E-state index < -0.39 is 0 Å². The summed E-state index contributed by atoms with van der Waals surface area (Å²) in [6.45, 7) is 5.26. The largest absolute Gasteiger partial charge is 0.459 e. The Kier molecular flexibility index (Phi) is 1.71. The average Bonchev–Trinajstić information content (AvgIpc) is 2.42. The summed E-state index contributed by atoms with van der Waals surface area (Å²) in [6.07, 6.45) is 3.84. The van der Waals surface area contributed by atoms with Gasteiger partial charge in [0.1, 0.15) is 6.10 Å². The van der Waals surface area contributed by atoms with Gasteiger partial charge in [0.15, 0.2) is 0 Å². The Morgan fingerprint density at radius 3 is 2.50 bits per heavy atom. The van der Waals surface area contributed by atoms with E-state index in [2.05, 4.69) is 6.58 Å². The summed E-state index contributed by atoms with van der Waals surface area (Å²) in [5, 5.41) is 0. The predicted molar refractivity (Wildman–Crippen MR) is 45.5 cm³/mol. The number of carbonyl (C=O) groups is 1. The molecule has 2 bridgehead atoms. The zero-order chi connectivity index (χ0) is 8.72. The third-order valence-corrected chi connectivity index (χ3v) is 2.97. The fraction of sp³-hybridized carbons (Fsp3) is 0.700. The van der Waals surface area contributed by atoms with Crippen LogP contribution >= 0.6 is 0 Å². The molecule has 0 heterocycles. The van der Waals surface area contributed by atoms with Gasteiger partial charge in [-0.05, 0) is 38.0 Å². The predicted octanol–water partition coefficient (Wildman–Crippen LogP) is 1.90. The quantitative estimate of drug-likeness (QED) is 0.462. The molecule has 0 radical (unpaired) electrons. The van der Waals surface area contributed by atoms with Crippen molar-refractivity contribution in [3.05, 3.63) is 12.2 Å². The highest BCUT2D eigenvalue weighted by molar-refractivity contribution is 5.87. The highest BCUT2D eigenvalue weighted by Crippen LogP contribution is 2.49. The van der Waals surface area contributed by atoms with Gasteiger partial charge in [0, 0.05) is 5.57 Å². The van der Waals surface area contributed by atoms with E-state index in [0.717, 1.165) is 12.3 Å². The number of hydrogen-bond acceptors (Lipinski definition) is 2. The number of esters is 1. The zero-order valence-corrected chi connectivity index (χ0v) is 7.38. The minimum Gasteiger partial charge on any atom is -0.459 e. The Labute approximate surface area is 72.6 Å². The molecule has 3 aliphatic rings. The average molecular weight is 166 g/mol. The fourth-order valence-electron chi connectivity index (χ4n) is 2.19. The van der Waals surface area contributed by atoms with Gasteiger partial charge < -0.3 is 4.74 Å². The van der Waals surface area contributed by atoms with E-state index in [4.69, 9.17) is 4.74 Å². The summed E-state index contributed by atoms with van der Waals surface area (Å²) in [6, 6.07) is 0. The van der Waals surface area contributed by atoms with E-state index in [-0.39, 0.29) is 12.1 Å². The molecule has 2 heteroatoms. The van der Waals surface area contributed by atoms with Crippen LogP contribution in [0.2, 0.25) is 0 Å². The minimum absolute atomic E-state index is 0.208. The molecule has 3 rings (SSSR count). The Bertz CT molecular complexity index is 226. The minimum atomic E-state index is -0.215. The highest BCUT2D eigenvalue weighted by Gasteiger charge is 2.46. The molecule has 0 aliphatic heterocycles. The monoisotopic (exact) mass is 166 g/mol. The van der Waals surface area contributed by atoms with Crippen molar-refractivity contribution in [2.24, 2.45) is 11.8 Å². The second-order valence-electron chi connectivity index (χ2n) is 4.06. The summed E-state index contributed by atoms with van der Waals surface area (Å²) in [5.41, 5.74) is 0.513. The maximum absolute atomic E-state index is 11.1. The van der Waals surface area contributed by atoms with E-state index in [1.54, 1.807) is 6.92 Å². The molecule has 12 heavy (non-hydrogen) atoms. The van der Waals surface area contributed by atoms with Crippen LogP contribution in [-0.4, -0.2) is 12.1 Å². The third-order valence-electron chi connectivity index (χ3n) is 2.97. The van der Waals surface area contributed by atoms with Crippen LogP contribution in [0.15, 0.2) is 12.2 Å². The highest BCUT2D eigenvalue weighted by atomic mass is 16.5. The molecule has 0 spiro atoms. The maximum atomic E-state index is 11.1. The van der Waals surface area contributed by atoms with Crippen molar-refractivity contribution in [2.45, 2.75) is 32.3 Å². The van der Waals surface area contributed by atoms with E-state index in [1.165, 1.54) is 12.8 Å². The first kappa shape index (κ1) is 7.84. The molecule has 3 saturated carbocycles. The van der Waals surface area contributed by atoms with Crippen molar-refractivity contribution in [1.82, 2.24) is 0 Å². The molecule has 0 saturated heterocycles. The van der Waals surface area contributed by atoms with E-state index in [0.29, 0.717) is 11.5 Å².